The predicted molar refractivity (Wildman–Crippen MR) is 100 cm³/mol. The van der Waals surface area contributed by atoms with Crippen LogP contribution in [0.5, 0.6) is 0 Å². The topological polar surface area (TPSA) is 108 Å². The molecule has 0 aromatic rings. The molecule has 0 radical (unpaired) electrons. The van der Waals surface area contributed by atoms with Crippen molar-refractivity contribution < 1.29 is 23.9 Å². The average molecular weight is 393 g/mol. The lowest BCUT2D eigenvalue weighted by Crippen LogP contribution is -2.41. The van der Waals surface area contributed by atoms with Gasteiger partial charge in [-0.2, -0.15) is 0 Å². The first-order valence-electron chi connectivity index (χ1n) is 8.50. The van der Waals surface area contributed by atoms with Crippen LogP contribution in [0.1, 0.15) is 45.4 Å². The summed E-state index contributed by atoms with van der Waals surface area (Å²) in [7, 11) is 3.13. The summed E-state index contributed by atoms with van der Waals surface area (Å²) in [5, 5.41) is 2.78. The van der Waals surface area contributed by atoms with Crippen LogP contribution >= 0.6 is 21.6 Å². The molecule has 1 aliphatic rings. The number of amides is 2. The number of ether oxygens (including phenoxy) is 2. The number of hydrogen-bond donors (Lipinski definition) is 2. The molecule has 25 heavy (non-hydrogen) atoms. The Kier molecular flexibility index (Phi) is 10.8. The van der Waals surface area contributed by atoms with Crippen molar-refractivity contribution in [2.45, 2.75) is 45.4 Å². The molecule has 1 saturated carbocycles. The van der Waals surface area contributed by atoms with E-state index in [0.29, 0.717) is 37.7 Å². The van der Waals surface area contributed by atoms with E-state index in [1.54, 1.807) is 21.6 Å². The van der Waals surface area contributed by atoms with E-state index in [2.05, 4.69) is 5.32 Å². The van der Waals surface area contributed by atoms with Crippen LogP contribution in [0, 0.1) is 5.41 Å². The van der Waals surface area contributed by atoms with E-state index in [4.69, 9.17) is 15.2 Å². The minimum atomic E-state index is -0.458. The number of hydrogen-bond acceptors (Lipinski definition) is 7. The zero-order chi connectivity index (χ0) is 18.5. The first kappa shape index (κ1) is 22.0. The summed E-state index contributed by atoms with van der Waals surface area (Å²) < 4.78 is 9.95. The number of rotatable bonds is 11. The van der Waals surface area contributed by atoms with Crippen LogP contribution in [0.2, 0.25) is 0 Å². The number of alkyl carbamates (subject to hydrolysis) is 1. The average Bonchev–Trinajstić information content (AvgIpc) is 2.55. The van der Waals surface area contributed by atoms with Gasteiger partial charge in [-0.25, -0.2) is 4.79 Å². The molecule has 0 heterocycles. The van der Waals surface area contributed by atoms with E-state index >= 15 is 0 Å². The Hall–Kier alpha value is -1.09. The van der Waals surface area contributed by atoms with Gasteiger partial charge in [0.25, 0.3) is 0 Å². The minimum absolute atomic E-state index is 0.218. The molecule has 0 aromatic carbocycles. The number of nitrogens with two attached hydrogens (primary N) is 1. The molecule has 1 aliphatic carbocycles. The molecule has 0 aromatic heterocycles. The lowest BCUT2D eigenvalue weighted by molar-refractivity contribution is -0.140. The molecule has 0 bridgehead atoms. The first-order valence-corrected chi connectivity index (χ1v) is 11.0. The van der Waals surface area contributed by atoms with Gasteiger partial charge in [0, 0.05) is 31.4 Å². The Morgan fingerprint density at radius 2 is 1.64 bits per heavy atom. The monoisotopic (exact) mass is 392 g/mol. The van der Waals surface area contributed by atoms with Crippen molar-refractivity contribution in [3.05, 3.63) is 0 Å². The second-order valence-corrected chi connectivity index (χ2v) is 8.88. The minimum Gasteiger partial charge on any atom is -0.465 e. The smallest absolute Gasteiger partial charge is 0.407 e. The van der Waals surface area contributed by atoms with Crippen LogP contribution < -0.4 is 11.1 Å². The molecule has 7 nitrogen and oxygen atoms in total. The number of carbonyl (C=O) groups is 3. The number of primary amides is 1. The molecule has 1 rings (SSSR count). The van der Waals surface area contributed by atoms with E-state index in [0.717, 1.165) is 32.1 Å². The molecule has 0 unspecified atom stereocenters. The fourth-order valence-corrected chi connectivity index (χ4v) is 4.56. The highest BCUT2D eigenvalue weighted by Gasteiger charge is 2.34. The summed E-state index contributed by atoms with van der Waals surface area (Å²) in [5.74, 6) is 0.758. The van der Waals surface area contributed by atoms with Gasteiger partial charge in [0.1, 0.15) is 13.2 Å². The van der Waals surface area contributed by atoms with E-state index in [1.165, 1.54) is 6.92 Å². The van der Waals surface area contributed by atoms with Gasteiger partial charge in [-0.3, -0.25) is 9.59 Å². The fourth-order valence-electron chi connectivity index (χ4n) is 2.90. The third kappa shape index (κ3) is 10.5. The highest BCUT2D eigenvalue weighted by Crippen LogP contribution is 2.38. The molecule has 0 aliphatic heterocycles. The van der Waals surface area contributed by atoms with Gasteiger partial charge in [-0.15, -0.1) is 0 Å². The molecular weight excluding hydrogens is 364 g/mol. The van der Waals surface area contributed by atoms with Crippen LogP contribution in [0.4, 0.5) is 4.79 Å². The quantitative estimate of drug-likeness (QED) is 0.316. The second kappa shape index (κ2) is 12.3. The van der Waals surface area contributed by atoms with Crippen molar-refractivity contribution in [2.24, 2.45) is 11.1 Å². The second-order valence-electron chi connectivity index (χ2n) is 6.18. The molecule has 1 fully saturated rings. The van der Waals surface area contributed by atoms with E-state index in [-0.39, 0.29) is 17.3 Å². The van der Waals surface area contributed by atoms with Crippen molar-refractivity contribution in [1.82, 2.24) is 5.32 Å². The third-order valence-corrected chi connectivity index (χ3v) is 6.36. The summed E-state index contributed by atoms with van der Waals surface area (Å²) in [6.45, 7) is 2.50. The van der Waals surface area contributed by atoms with Gasteiger partial charge in [-0.05, 0) is 18.3 Å². The lowest BCUT2D eigenvalue weighted by atomic mass is 9.71. The number of esters is 1. The van der Waals surface area contributed by atoms with Crippen molar-refractivity contribution >= 4 is 39.6 Å². The van der Waals surface area contributed by atoms with E-state index < -0.39 is 6.09 Å². The molecule has 0 saturated heterocycles. The predicted octanol–water partition coefficient (Wildman–Crippen LogP) is 2.48. The van der Waals surface area contributed by atoms with Gasteiger partial charge in [-0.1, -0.05) is 40.9 Å². The number of carbonyl (C=O) groups excluding carboxylic acids is 3. The molecule has 9 heteroatoms. The van der Waals surface area contributed by atoms with Crippen LogP contribution in [0.25, 0.3) is 0 Å². The summed E-state index contributed by atoms with van der Waals surface area (Å²) in [6.07, 6.45) is 4.95. The van der Waals surface area contributed by atoms with Gasteiger partial charge in [0.2, 0.25) is 5.91 Å². The molecular formula is C16H28N2O5S2. The van der Waals surface area contributed by atoms with Crippen LogP contribution in [0.15, 0.2) is 0 Å². The van der Waals surface area contributed by atoms with Gasteiger partial charge < -0.3 is 20.5 Å². The van der Waals surface area contributed by atoms with Crippen LogP contribution in [0.3, 0.4) is 0 Å². The van der Waals surface area contributed by atoms with Crippen molar-refractivity contribution in [2.75, 3.05) is 31.3 Å². The molecule has 144 valence electrons. The van der Waals surface area contributed by atoms with Gasteiger partial charge >= 0.3 is 12.1 Å². The zero-order valence-corrected chi connectivity index (χ0v) is 16.3. The fraction of sp³-hybridized carbons (Fsp3) is 0.812. The van der Waals surface area contributed by atoms with Crippen molar-refractivity contribution in [1.29, 1.82) is 0 Å². The Bertz CT molecular complexity index is 442. The Balaban J connectivity index is 2.12. The van der Waals surface area contributed by atoms with Crippen molar-refractivity contribution in [3.8, 4) is 0 Å². The Labute approximate surface area is 156 Å². The van der Waals surface area contributed by atoms with Crippen molar-refractivity contribution in [3.63, 3.8) is 0 Å². The van der Waals surface area contributed by atoms with Crippen LogP contribution in [-0.4, -0.2) is 49.2 Å². The Morgan fingerprint density at radius 3 is 2.20 bits per heavy atom. The molecule has 0 spiro atoms. The van der Waals surface area contributed by atoms with E-state index in [9.17, 15) is 14.4 Å². The lowest BCUT2D eigenvalue weighted by Gasteiger charge is -2.36. The first-order chi connectivity index (χ1) is 11.9. The highest BCUT2D eigenvalue weighted by atomic mass is 33.1. The third-order valence-electron chi connectivity index (χ3n) is 4.03. The normalized spacial score (nSPS) is 16.0. The summed E-state index contributed by atoms with van der Waals surface area (Å²) in [5.41, 5.74) is 5.15. The SMILES string of the molecule is CC(=O)OCCSSCCOC(=O)NCC1(CC(N)=O)CCCCC1. The summed E-state index contributed by atoms with van der Waals surface area (Å²) in [6, 6.07) is 0. The number of nitrogens with one attached hydrogen (secondary N) is 1. The highest BCUT2D eigenvalue weighted by molar-refractivity contribution is 8.76. The molecule has 2 amide bonds. The van der Waals surface area contributed by atoms with Gasteiger partial charge in [0.15, 0.2) is 0 Å². The largest absolute Gasteiger partial charge is 0.465 e. The maximum absolute atomic E-state index is 11.8. The molecule has 0 atom stereocenters. The standard InChI is InChI=1S/C16H28N2O5S2/c1-13(19)22-7-9-24-25-10-8-23-15(21)18-12-16(11-14(17)20)5-3-2-4-6-16/h2-12H2,1H3,(H2,17,20)(H,18,21). The maximum atomic E-state index is 11.8. The molecule has 3 N–H and O–H groups in total. The van der Waals surface area contributed by atoms with Crippen LogP contribution in [-0.2, 0) is 19.1 Å². The van der Waals surface area contributed by atoms with Gasteiger partial charge in [0.05, 0.1) is 0 Å². The summed E-state index contributed by atoms with van der Waals surface area (Å²) in [4.78, 5) is 33.7. The Morgan fingerprint density at radius 1 is 1.04 bits per heavy atom. The summed E-state index contributed by atoms with van der Waals surface area (Å²) >= 11 is 0. The zero-order valence-electron chi connectivity index (χ0n) is 14.7. The van der Waals surface area contributed by atoms with E-state index in [1.807, 2.05) is 0 Å². The maximum Gasteiger partial charge on any atom is 0.407 e.